The smallest absolute Gasteiger partial charge is 0.208 e. The highest BCUT2D eigenvalue weighted by molar-refractivity contribution is 5.05. The molecule has 1 aliphatic rings. The van der Waals surface area contributed by atoms with E-state index in [1.54, 1.807) is 0 Å². The van der Waals surface area contributed by atoms with Crippen LogP contribution in [0, 0.1) is 19.8 Å². The summed E-state index contributed by atoms with van der Waals surface area (Å²) in [6.07, 6.45) is 4.51. The van der Waals surface area contributed by atoms with Gasteiger partial charge in [-0.2, -0.15) is 0 Å². The summed E-state index contributed by atoms with van der Waals surface area (Å²) in [6.45, 7) is 6.92. The lowest BCUT2D eigenvalue weighted by Crippen LogP contribution is -2.51. The van der Waals surface area contributed by atoms with E-state index in [2.05, 4.69) is 17.2 Å². The second-order valence-electron chi connectivity index (χ2n) is 5.74. The van der Waals surface area contributed by atoms with Crippen LogP contribution in [0.25, 0.3) is 0 Å². The number of oxazole rings is 1. The Balaban J connectivity index is 1.98. The van der Waals surface area contributed by atoms with Gasteiger partial charge in [-0.3, -0.25) is 0 Å². The predicted octanol–water partition coefficient (Wildman–Crippen LogP) is 2.32. The Morgan fingerprint density at radius 2 is 2.28 bits per heavy atom. The zero-order chi connectivity index (χ0) is 13.2. The first kappa shape index (κ1) is 13.6. The van der Waals surface area contributed by atoms with E-state index in [9.17, 15) is 5.11 Å². The van der Waals surface area contributed by atoms with Crippen LogP contribution in [-0.2, 0) is 6.54 Å². The Morgan fingerprint density at radius 3 is 2.83 bits per heavy atom. The van der Waals surface area contributed by atoms with Gasteiger partial charge in [0, 0.05) is 5.54 Å². The second-order valence-corrected chi connectivity index (χ2v) is 5.74. The maximum atomic E-state index is 9.68. The van der Waals surface area contributed by atoms with Crippen molar-refractivity contribution in [3.63, 3.8) is 0 Å². The summed E-state index contributed by atoms with van der Waals surface area (Å²) in [7, 11) is 0. The van der Waals surface area contributed by atoms with E-state index < -0.39 is 0 Å². The summed E-state index contributed by atoms with van der Waals surface area (Å²) < 4.78 is 5.57. The van der Waals surface area contributed by atoms with Crippen LogP contribution in [0.5, 0.6) is 0 Å². The molecule has 1 heterocycles. The van der Waals surface area contributed by atoms with Crippen LogP contribution >= 0.6 is 0 Å². The molecule has 2 N–H and O–H groups in total. The van der Waals surface area contributed by atoms with Crippen LogP contribution in [0.4, 0.5) is 0 Å². The molecule has 0 radical (unpaired) electrons. The fraction of sp³-hybridized carbons (Fsp3) is 0.786. The Labute approximate surface area is 109 Å². The monoisotopic (exact) mass is 252 g/mol. The molecule has 0 bridgehead atoms. The number of aromatic nitrogens is 1. The maximum Gasteiger partial charge on any atom is 0.208 e. The van der Waals surface area contributed by atoms with E-state index in [1.165, 1.54) is 12.8 Å². The lowest BCUT2D eigenvalue weighted by molar-refractivity contribution is 0.0958. The van der Waals surface area contributed by atoms with Crippen molar-refractivity contribution in [2.75, 3.05) is 6.61 Å². The van der Waals surface area contributed by atoms with Crippen molar-refractivity contribution in [1.82, 2.24) is 10.3 Å². The van der Waals surface area contributed by atoms with Gasteiger partial charge in [0.1, 0.15) is 5.76 Å². The van der Waals surface area contributed by atoms with Crippen LogP contribution in [0.3, 0.4) is 0 Å². The first-order chi connectivity index (χ1) is 8.54. The minimum absolute atomic E-state index is 0.145. The highest BCUT2D eigenvalue weighted by Crippen LogP contribution is 2.32. The standard InChI is InChI=1S/C14H24N2O2/c1-10-5-4-6-14(7-10,9-17)15-8-13-16-11(2)12(3)18-13/h10,15,17H,4-9H2,1-3H3. The first-order valence-electron chi connectivity index (χ1n) is 6.83. The number of aliphatic hydroxyl groups excluding tert-OH is 1. The van der Waals surface area contributed by atoms with Gasteiger partial charge in [-0.15, -0.1) is 0 Å². The molecular weight excluding hydrogens is 228 g/mol. The Bertz CT molecular complexity index is 383. The Hall–Kier alpha value is -0.870. The first-order valence-corrected chi connectivity index (χ1v) is 6.83. The molecule has 1 saturated carbocycles. The minimum Gasteiger partial charge on any atom is -0.444 e. The van der Waals surface area contributed by atoms with Gasteiger partial charge in [0.05, 0.1) is 18.8 Å². The van der Waals surface area contributed by atoms with Crippen LogP contribution in [0.15, 0.2) is 4.42 Å². The lowest BCUT2D eigenvalue weighted by Gasteiger charge is -2.39. The van der Waals surface area contributed by atoms with Gasteiger partial charge in [0.25, 0.3) is 0 Å². The molecule has 1 aromatic heterocycles. The molecule has 0 amide bonds. The molecule has 0 saturated heterocycles. The van der Waals surface area contributed by atoms with E-state index in [1.807, 2.05) is 13.8 Å². The van der Waals surface area contributed by atoms with Crippen molar-refractivity contribution in [2.24, 2.45) is 5.92 Å². The summed E-state index contributed by atoms with van der Waals surface area (Å²) in [5, 5.41) is 13.1. The third kappa shape index (κ3) is 2.93. The second kappa shape index (κ2) is 5.41. The molecule has 0 aromatic carbocycles. The molecule has 4 heteroatoms. The number of rotatable bonds is 4. The number of nitrogens with zero attached hydrogens (tertiary/aromatic N) is 1. The topological polar surface area (TPSA) is 58.3 Å². The van der Waals surface area contributed by atoms with Crippen LogP contribution < -0.4 is 5.32 Å². The molecule has 2 rings (SSSR count). The zero-order valence-corrected chi connectivity index (χ0v) is 11.6. The number of nitrogens with one attached hydrogen (secondary N) is 1. The van der Waals surface area contributed by atoms with Gasteiger partial charge in [-0.05, 0) is 32.6 Å². The molecule has 1 fully saturated rings. The predicted molar refractivity (Wildman–Crippen MR) is 70.3 cm³/mol. The van der Waals surface area contributed by atoms with Crippen molar-refractivity contribution >= 4 is 0 Å². The highest BCUT2D eigenvalue weighted by Gasteiger charge is 2.34. The summed E-state index contributed by atoms with van der Waals surface area (Å²) in [5.41, 5.74) is 0.801. The van der Waals surface area contributed by atoms with Crippen molar-refractivity contribution in [3.05, 3.63) is 17.3 Å². The van der Waals surface area contributed by atoms with Crippen molar-refractivity contribution in [1.29, 1.82) is 0 Å². The van der Waals surface area contributed by atoms with Gasteiger partial charge < -0.3 is 14.8 Å². The third-order valence-corrected chi connectivity index (χ3v) is 4.08. The molecule has 0 spiro atoms. The van der Waals surface area contributed by atoms with E-state index in [4.69, 9.17) is 4.42 Å². The fourth-order valence-corrected chi connectivity index (χ4v) is 2.90. The molecule has 1 aliphatic carbocycles. The minimum atomic E-state index is -0.145. The fourth-order valence-electron chi connectivity index (χ4n) is 2.90. The molecule has 2 unspecified atom stereocenters. The summed E-state index contributed by atoms with van der Waals surface area (Å²) >= 11 is 0. The van der Waals surface area contributed by atoms with Crippen molar-refractivity contribution in [2.45, 2.75) is 58.5 Å². The Kier molecular flexibility index (Phi) is 4.07. The lowest BCUT2D eigenvalue weighted by atomic mass is 9.77. The highest BCUT2D eigenvalue weighted by atomic mass is 16.4. The average Bonchev–Trinajstić information content (AvgIpc) is 2.67. The number of aliphatic hydroxyl groups is 1. The molecule has 4 nitrogen and oxygen atoms in total. The van der Waals surface area contributed by atoms with Gasteiger partial charge in [0.2, 0.25) is 5.89 Å². The molecule has 1 aromatic rings. The quantitative estimate of drug-likeness (QED) is 0.863. The summed E-state index contributed by atoms with van der Waals surface area (Å²) in [4.78, 5) is 4.37. The number of aryl methyl sites for hydroxylation is 2. The zero-order valence-electron chi connectivity index (χ0n) is 11.6. The Morgan fingerprint density at radius 1 is 1.50 bits per heavy atom. The van der Waals surface area contributed by atoms with Gasteiger partial charge in [-0.25, -0.2) is 4.98 Å². The van der Waals surface area contributed by atoms with Crippen LogP contribution in [0.2, 0.25) is 0 Å². The average molecular weight is 252 g/mol. The molecule has 0 aliphatic heterocycles. The summed E-state index contributed by atoms with van der Waals surface area (Å²) in [5.74, 6) is 2.27. The van der Waals surface area contributed by atoms with E-state index in [0.717, 1.165) is 30.2 Å². The molecule has 18 heavy (non-hydrogen) atoms. The summed E-state index contributed by atoms with van der Waals surface area (Å²) in [6, 6.07) is 0. The van der Waals surface area contributed by atoms with Gasteiger partial charge >= 0.3 is 0 Å². The van der Waals surface area contributed by atoms with E-state index in [-0.39, 0.29) is 12.1 Å². The van der Waals surface area contributed by atoms with Crippen molar-refractivity contribution < 1.29 is 9.52 Å². The van der Waals surface area contributed by atoms with Gasteiger partial charge in [0.15, 0.2) is 0 Å². The SMILES string of the molecule is Cc1nc(CNC2(CO)CCCC(C)C2)oc1C. The molecular formula is C14H24N2O2. The number of hydrogen-bond acceptors (Lipinski definition) is 4. The largest absolute Gasteiger partial charge is 0.444 e. The van der Waals surface area contributed by atoms with E-state index in [0.29, 0.717) is 12.5 Å². The maximum absolute atomic E-state index is 9.68. The van der Waals surface area contributed by atoms with Crippen LogP contribution in [0.1, 0.15) is 50.0 Å². The molecule has 2 atom stereocenters. The van der Waals surface area contributed by atoms with E-state index >= 15 is 0 Å². The number of hydrogen-bond donors (Lipinski definition) is 2. The van der Waals surface area contributed by atoms with Gasteiger partial charge in [-0.1, -0.05) is 19.8 Å². The van der Waals surface area contributed by atoms with Crippen LogP contribution in [-0.4, -0.2) is 22.2 Å². The normalized spacial score (nSPS) is 28.6. The van der Waals surface area contributed by atoms with Crippen molar-refractivity contribution in [3.8, 4) is 0 Å². The third-order valence-electron chi connectivity index (χ3n) is 4.08. The molecule has 102 valence electrons.